The van der Waals surface area contributed by atoms with Gasteiger partial charge < -0.3 is 9.47 Å². The molecule has 0 aromatic rings. The fourth-order valence-electron chi connectivity index (χ4n) is 6.70. The fraction of sp³-hybridized carbons (Fsp3) is 0.833. The van der Waals surface area contributed by atoms with Crippen molar-refractivity contribution in [2.45, 2.75) is 0 Å². The predicted octanol–water partition coefficient (Wildman–Crippen LogP) is 0.0704. The van der Waals surface area contributed by atoms with Crippen molar-refractivity contribution in [1.82, 2.24) is 0 Å². The first kappa shape index (κ1) is 8.09. The molecular weight excluding hydrogens is 208 g/mol. The lowest BCUT2D eigenvalue weighted by Gasteiger charge is -3.08. The van der Waals surface area contributed by atoms with E-state index in [1.807, 2.05) is 0 Å². The summed E-state index contributed by atoms with van der Waals surface area (Å²) in [6.07, 6.45) is 0. The number of carbonyl (C=O) groups excluding carboxylic acids is 2. The zero-order valence-corrected chi connectivity index (χ0v) is 9.10. The highest BCUT2D eigenvalue weighted by Crippen LogP contribution is 3.10. The Morgan fingerprint density at radius 2 is 1.00 bits per heavy atom. The summed E-state index contributed by atoms with van der Waals surface area (Å²) in [6, 6.07) is 0. The molecule has 16 heavy (non-hydrogen) atoms. The number of carbonyl (C=O) groups is 2. The van der Waals surface area contributed by atoms with Gasteiger partial charge in [0, 0.05) is 0 Å². The van der Waals surface area contributed by atoms with Gasteiger partial charge in [0.1, 0.15) is 0 Å². The third-order valence-corrected chi connectivity index (χ3v) is 6.71. The molecule has 0 bridgehead atoms. The molecule has 4 heteroatoms. The summed E-state index contributed by atoms with van der Waals surface area (Å²) in [7, 11) is 2.94. The quantitative estimate of drug-likeness (QED) is 0.618. The summed E-state index contributed by atoms with van der Waals surface area (Å²) in [4.78, 5) is 23.6. The second-order valence-electron chi connectivity index (χ2n) is 6.00. The van der Waals surface area contributed by atoms with Crippen LogP contribution in [0.4, 0.5) is 0 Å². The highest BCUT2D eigenvalue weighted by atomic mass is 16.5. The molecule has 4 nitrogen and oxygen atoms in total. The van der Waals surface area contributed by atoms with Crippen molar-refractivity contribution in [3.05, 3.63) is 0 Å². The maximum atomic E-state index is 11.8. The average molecular weight is 220 g/mol. The largest absolute Gasteiger partial charge is 0.469 e. The summed E-state index contributed by atoms with van der Waals surface area (Å²) in [5, 5.41) is 0. The minimum absolute atomic E-state index is 0.0191. The number of hydrogen-bond donors (Lipinski definition) is 0. The first-order valence-electron chi connectivity index (χ1n) is 5.87. The molecule has 6 aliphatic carbocycles. The third-order valence-electron chi connectivity index (χ3n) is 6.71. The standard InChI is InChI=1S/C12H12O4/c1-15-9(13)11-3-6-4(11)8-5(11)7(3)12(6,8)10(14)16-2/h3-8H,1-2H3. The van der Waals surface area contributed by atoms with E-state index in [1.165, 1.54) is 14.2 Å². The van der Waals surface area contributed by atoms with Crippen molar-refractivity contribution in [2.75, 3.05) is 14.2 Å². The Balaban J connectivity index is 1.54. The second-order valence-corrected chi connectivity index (χ2v) is 6.00. The normalized spacial score (nSPS) is 68.4. The minimum Gasteiger partial charge on any atom is -0.469 e. The fourth-order valence-corrected chi connectivity index (χ4v) is 6.70. The van der Waals surface area contributed by atoms with Gasteiger partial charge in [0.15, 0.2) is 0 Å². The maximum Gasteiger partial charge on any atom is 0.312 e. The van der Waals surface area contributed by atoms with Gasteiger partial charge in [0.2, 0.25) is 0 Å². The van der Waals surface area contributed by atoms with Crippen LogP contribution in [0.5, 0.6) is 0 Å². The number of esters is 2. The molecule has 0 heterocycles. The van der Waals surface area contributed by atoms with Crippen molar-refractivity contribution < 1.29 is 19.1 Å². The average Bonchev–Trinajstić information content (AvgIpc) is 2.36. The van der Waals surface area contributed by atoms with E-state index >= 15 is 0 Å². The molecule has 0 radical (unpaired) electrons. The Morgan fingerprint density at radius 1 is 0.750 bits per heavy atom. The summed E-state index contributed by atoms with van der Waals surface area (Å²) in [5.41, 5.74) is -0.269. The molecule has 0 unspecified atom stereocenters. The molecular formula is C12H12O4. The van der Waals surface area contributed by atoms with E-state index in [0.717, 1.165) is 0 Å². The lowest BCUT2D eigenvalue weighted by atomic mass is 8.92. The van der Waals surface area contributed by atoms with Crippen molar-refractivity contribution in [3.8, 4) is 0 Å². The highest BCUT2D eigenvalue weighted by Gasteiger charge is 3.13. The van der Waals surface area contributed by atoms with Gasteiger partial charge in [-0.3, -0.25) is 9.59 Å². The number of rotatable bonds is 2. The zero-order valence-electron chi connectivity index (χ0n) is 9.10. The van der Waals surface area contributed by atoms with Gasteiger partial charge in [-0.05, 0) is 35.5 Å². The van der Waals surface area contributed by atoms with Gasteiger partial charge in [-0.1, -0.05) is 0 Å². The first-order chi connectivity index (χ1) is 7.69. The first-order valence-corrected chi connectivity index (χ1v) is 5.87. The van der Waals surface area contributed by atoms with Crippen LogP contribution >= 0.6 is 0 Å². The maximum absolute atomic E-state index is 11.8. The molecule has 0 aromatic heterocycles. The summed E-state index contributed by atoms with van der Waals surface area (Å²) in [6.45, 7) is 0. The molecule has 6 fully saturated rings. The summed E-state index contributed by atoms with van der Waals surface area (Å²) < 4.78 is 9.85. The van der Waals surface area contributed by atoms with E-state index < -0.39 is 0 Å². The summed E-state index contributed by atoms with van der Waals surface area (Å²) >= 11 is 0. The van der Waals surface area contributed by atoms with Gasteiger partial charge in [0.25, 0.3) is 0 Å². The molecule has 0 aliphatic heterocycles. The third kappa shape index (κ3) is 0.328. The minimum atomic E-state index is -0.134. The van der Waals surface area contributed by atoms with Crippen LogP contribution in [0.1, 0.15) is 0 Å². The van der Waals surface area contributed by atoms with Crippen LogP contribution in [0.2, 0.25) is 0 Å². The Morgan fingerprint density at radius 3 is 1.19 bits per heavy atom. The van der Waals surface area contributed by atoms with Crippen LogP contribution in [-0.4, -0.2) is 26.2 Å². The Kier molecular flexibility index (Phi) is 0.865. The zero-order chi connectivity index (χ0) is 11.0. The SMILES string of the molecule is COC(=O)C12C3C4C1C1C2C3C41C(=O)OC. The molecule has 6 rings (SSSR count). The van der Waals surface area contributed by atoms with Crippen LogP contribution in [0.15, 0.2) is 0 Å². The van der Waals surface area contributed by atoms with E-state index in [1.54, 1.807) is 0 Å². The lowest BCUT2D eigenvalue weighted by Crippen LogP contribution is -3.12. The molecule has 0 aromatic carbocycles. The van der Waals surface area contributed by atoms with Crippen LogP contribution in [0, 0.1) is 46.3 Å². The smallest absolute Gasteiger partial charge is 0.312 e. The van der Waals surface area contributed by atoms with Crippen LogP contribution in [-0.2, 0) is 19.1 Å². The monoisotopic (exact) mass is 220 g/mol. The molecule has 6 saturated carbocycles. The molecule has 84 valence electrons. The van der Waals surface area contributed by atoms with Crippen molar-refractivity contribution >= 4 is 11.9 Å². The van der Waals surface area contributed by atoms with Crippen LogP contribution in [0.3, 0.4) is 0 Å². The molecule has 6 aliphatic rings. The van der Waals surface area contributed by atoms with Gasteiger partial charge in [-0.25, -0.2) is 0 Å². The topological polar surface area (TPSA) is 52.6 Å². The van der Waals surface area contributed by atoms with Gasteiger partial charge in [-0.2, -0.15) is 0 Å². The van der Waals surface area contributed by atoms with E-state index in [9.17, 15) is 9.59 Å². The highest BCUT2D eigenvalue weighted by molar-refractivity contribution is 5.96. The van der Waals surface area contributed by atoms with E-state index in [2.05, 4.69) is 0 Å². The van der Waals surface area contributed by atoms with E-state index in [-0.39, 0.29) is 22.8 Å². The molecule has 0 atom stereocenters. The van der Waals surface area contributed by atoms with Gasteiger partial charge in [-0.15, -0.1) is 0 Å². The van der Waals surface area contributed by atoms with E-state index in [4.69, 9.17) is 9.47 Å². The van der Waals surface area contributed by atoms with E-state index in [0.29, 0.717) is 35.5 Å². The Hall–Kier alpha value is -1.06. The number of methoxy groups -OCH3 is 2. The van der Waals surface area contributed by atoms with Gasteiger partial charge >= 0.3 is 11.9 Å². The van der Waals surface area contributed by atoms with Gasteiger partial charge in [0.05, 0.1) is 25.0 Å². The Bertz CT molecular complexity index is 382. The number of hydrogen-bond acceptors (Lipinski definition) is 4. The molecule has 0 spiro atoms. The van der Waals surface area contributed by atoms with Crippen molar-refractivity contribution in [2.24, 2.45) is 46.3 Å². The van der Waals surface area contributed by atoms with Crippen LogP contribution in [0.25, 0.3) is 0 Å². The van der Waals surface area contributed by atoms with Crippen molar-refractivity contribution in [3.63, 3.8) is 0 Å². The Labute approximate surface area is 92.3 Å². The second kappa shape index (κ2) is 1.71. The number of ether oxygens (including phenoxy) is 2. The molecule has 0 amide bonds. The molecule has 0 saturated heterocycles. The molecule has 0 N–H and O–H groups in total. The van der Waals surface area contributed by atoms with Crippen molar-refractivity contribution in [1.29, 1.82) is 0 Å². The van der Waals surface area contributed by atoms with Crippen LogP contribution < -0.4 is 0 Å². The lowest BCUT2D eigenvalue weighted by molar-refractivity contribution is -0.628. The predicted molar refractivity (Wildman–Crippen MR) is 49.8 cm³/mol. The summed E-state index contributed by atoms with van der Waals surface area (Å²) in [5.74, 6) is 2.71.